The van der Waals surface area contributed by atoms with Crippen molar-refractivity contribution in [3.8, 4) is 0 Å². The molecule has 0 aromatic carbocycles. The normalized spacial score (nSPS) is 10.6. The number of esters is 2. The zero-order valence-electron chi connectivity index (χ0n) is 16.8. The van der Waals surface area contributed by atoms with Crippen LogP contribution in [0.15, 0.2) is 0 Å². The summed E-state index contributed by atoms with van der Waals surface area (Å²) in [7, 11) is 0. The Morgan fingerprint density at radius 3 is 1.32 bits per heavy atom. The Morgan fingerprint density at radius 2 is 1.00 bits per heavy atom. The molecule has 0 amide bonds. The van der Waals surface area contributed by atoms with E-state index in [1.165, 1.54) is 25.7 Å². The van der Waals surface area contributed by atoms with Gasteiger partial charge in [-0.25, -0.2) is 0 Å². The summed E-state index contributed by atoms with van der Waals surface area (Å²) in [5, 5.41) is 0. The molecule has 0 aliphatic heterocycles. The largest absolute Gasteiger partial charge is 0.466 e. The molecule has 0 atom stereocenters. The lowest BCUT2D eigenvalue weighted by Gasteiger charge is -2.07. The summed E-state index contributed by atoms with van der Waals surface area (Å²) in [6.07, 6.45) is 9.02. The highest BCUT2D eigenvalue weighted by Gasteiger charge is 2.09. The first kappa shape index (κ1) is 26.5. The maximum Gasteiger partial charge on any atom is 0.306 e. The smallest absolute Gasteiger partial charge is 0.306 e. The lowest BCUT2D eigenvalue weighted by molar-refractivity contribution is -0.150. The van der Waals surface area contributed by atoms with Crippen LogP contribution in [0.2, 0.25) is 0 Å². The van der Waals surface area contributed by atoms with Crippen LogP contribution in [0.25, 0.3) is 0 Å². The van der Waals surface area contributed by atoms with Crippen LogP contribution < -0.4 is 0 Å². The topological polar surface area (TPSA) is 52.6 Å². The van der Waals surface area contributed by atoms with Gasteiger partial charge >= 0.3 is 11.9 Å². The molecule has 0 aliphatic rings. The van der Waals surface area contributed by atoms with E-state index >= 15 is 0 Å². The summed E-state index contributed by atoms with van der Waals surface area (Å²) in [4.78, 5) is 23.1. The Morgan fingerprint density at radius 1 is 0.640 bits per heavy atom. The standard InChI is InChI=1S/C20H38O4.H2S/c1-17(2)11-7-5-9-15-23-19(21)13-14-20(22)24-16-10-6-8-12-18(3)4;/h17-18H,5-16H2,1-4H3;1H2. The van der Waals surface area contributed by atoms with Gasteiger partial charge in [0.15, 0.2) is 0 Å². The monoisotopic (exact) mass is 376 g/mol. The quantitative estimate of drug-likeness (QED) is 0.284. The van der Waals surface area contributed by atoms with Crippen molar-refractivity contribution in [3.05, 3.63) is 0 Å². The predicted octanol–water partition coefficient (Wildman–Crippen LogP) is 5.40. The van der Waals surface area contributed by atoms with E-state index in [1.807, 2.05) is 0 Å². The second-order valence-corrected chi connectivity index (χ2v) is 7.43. The van der Waals surface area contributed by atoms with Crippen LogP contribution in [0.1, 0.15) is 91.9 Å². The molecule has 0 saturated carbocycles. The molecule has 0 saturated heterocycles. The van der Waals surface area contributed by atoms with Crippen LogP contribution in [0.3, 0.4) is 0 Å². The third-order valence-corrected chi connectivity index (χ3v) is 3.91. The molecule has 0 aliphatic carbocycles. The van der Waals surface area contributed by atoms with E-state index in [0.29, 0.717) is 13.2 Å². The third-order valence-electron chi connectivity index (χ3n) is 3.91. The van der Waals surface area contributed by atoms with Gasteiger partial charge in [-0.3, -0.25) is 9.59 Å². The maximum absolute atomic E-state index is 11.5. The van der Waals surface area contributed by atoms with Crippen molar-refractivity contribution in [1.29, 1.82) is 0 Å². The highest BCUT2D eigenvalue weighted by molar-refractivity contribution is 7.59. The molecule has 5 heteroatoms. The number of carbonyl (C=O) groups is 2. The molecule has 0 aromatic rings. The first-order valence-corrected chi connectivity index (χ1v) is 9.73. The van der Waals surface area contributed by atoms with E-state index in [4.69, 9.17) is 9.47 Å². The van der Waals surface area contributed by atoms with Crippen molar-refractivity contribution in [3.63, 3.8) is 0 Å². The fourth-order valence-corrected chi connectivity index (χ4v) is 2.38. The minimum atomic E-state index is -0.298. The Hall–Kier alpha value is -0.710. The molecule has 150 valence electrons. The predicted molar refractivity (Wildman–Crippen MR) is 108 cm³/mol. The van der Waals surface area contributed by atoms with Crippen molar-refractivity contribution in [2.75, 3.05) is 13.2 Å². The summed E-state index contributed by atoms with van der Waals surface area (Å²) in [5.41, 5.74) is 0. The van der Waals surface area contributed by atoms with Gasteiger partial charge in [0.2, 0.25) is 0 Å². The number of ether oxygens (including phenoxy) is 2. The molecule has 0 fully saturated rings. The van der Waals surface area contributed by atoms with E-state index in [2.05, 4.69) is 27.7 Å². The van der Waals surface area contributed by atoms with E-state index in [-0.39, 0.29) is 38.3 Å². The zero-order chi connectivity index (χ0) is 18.2. The van der Waals surface area contributed by atoms with Gasteiger partial charge in [0.25, 0.3) is 0 Å². The number of rotatable bonds is 15. The lowest BCUT2D eigenvalue weighted by Crippen LogP contribution is -2.11. The number of hydrogen-bond acceptors (Lipinski definition) is 4. The number of unbranched alkanes of at least 4 members (excludes halogenated alkanes) is 4. The van der Waals surface area contributed by atoms with Gasteiger partial charge in [0.05, 0.1) is 26.1 Å². The molecule has 25 heavy (non-hydrogen) atoms. The van der Waals surface area contributed by atoms with E-state index < -0.39 is 0 Å². The summed E-state index contributed by atoms with van der Waals surface area (Å²) in [5.74, 6) is 0.864. The number of hydrogen-bond donors (Lipinski definition) is 0. The van der Waals surface area contributed by atoms with Crippen molar-refractivity contribution in [2.24, 2.45) is 11.8 Å². The zero-order valence-corrected chi connectivity index (χ0v) is 17.8. The minimum absolute atomic E-state index is 0. The van der Waals surface area contributed by atoms with E-state index in [0.717, 1.165) is 37.5 Å². The molecule has 0 N–H and O–H groups in total. The van der Waals surface area contributed by atoms with Gasteiger partial charge in [0.1, 0.15) is 0 Å². The van der Waals surface area contributed by atoms with Crippen LogP contribution in [-0.4, -0.2) is 25.2 Å². The SMILES string of the molecule is CC(C)CCCCCOC(=O)CCC(=O)OCCCCCC(C)C.S. The Labute approximate surface area is 161 Å². The van der Waals surface area contributed by atoms with Crippen molar-refractivity contribution < 1.29 is 19.1 Å². The summed E-state index contributed by atoms with van der Waals surface area (Å²) < 4.78 is 10.3. The highest BCUT2D eigenvalue weighted by Crippen LogP contribution is 2.09. The number of carbonyl (C=O) groups excluding carboxylic acids is 2. The van der Waals surface area contributed by atoms with Gasteiger partial charge in [-0.05, 0) is 24.7 Å². The average molecular weight is 377 g/mol. The van der Waals surface area contributed by atoms with E-state index in [1.54, 1.807) is 0 Å². The molecule has 4 nitrogen and oxygen atoms in total. The average Bonchev–Trinajstić information content (AvgIpc) is 2.51. The van der Waals surface area contributed by atoms with Gasteiger partial charge in [-0.1, -0.05) is 66.2 Å². The summed E-state index contributed by atoms with van der Waals surface area (Å²) >= 11 is 0. The van der Waals surface area contributed by atoms with Crippen LogP contribution in [0.5, 0.6) is 0 Å². The third kappa shape index (κ3) is 21.2. The van der Waals surface area contributed by atoms with Crippen molar-refractivity contribution >= 4 is 25.4 Å². The molecular formula is C20H40O4S. The van der Waals surface area contributed by atoms with Crippen LogP contribution in [0.4, 0.5) is 0 Å². The highest BCUT2D eigenvalue weighted by atomic mass is 32.1. The molecular weight excluding hydrogens is 336 g/mol. The summed E-state index contributed by atoms with van der Waals surface area (Å²) in [6.45, 7) is 9.77. The van der Waals surface area contributed by atoms with Crippen LogP contribution in [0, 0.1) is 11.8 Å². The van der Waals surface area contributed by atoms with Crippen LogP contribution >= 0.6 is 13.5 Å². The van der Waals surface area contributed by atoms with E-state index in [9.17, 15) is 9.59 Å². The maximum atomic E-state index is 11.5. The fourth-order valence-electron chi connectivity index (χ4n) is 2.38. The first-order valence-electron chi connectivity index (χ1n) is 9.73. The van der Waals surface area contributed by atoms with Crippen LogP contribution in [-0.2, 0) is 19.1 Å². The Kier molecular flexibility index (Phi) is 19.2. The molecule has 0 heterocycles. The fraction of sp³-hybridized carbons (Fsp3) is 0.900. The molecule has 0 bridgehead atoms. The minimum Gasteiger partial charge on any atom is -0.466 e. The Balaban J connectivity index is 0. The molecule has 0 spiro atoms. The first-order chi connectivity index (χ1) is 11.4. The lowest BCUT2D eigenvalue weighted by atomic mass is 10.1. The Bertz CT molecular complexity index is 298. The van der Waals surface area contributed by atoms with Gasteiger partial charge < -0.3 is 9.47 Å². The van der Waals surface area contributed by atoms with Crippen molar-refractivity contribution in [2.45, 2.75) is 91.9 Å². The second-order valence-electron chi connectivity index (χ2n) is 7.43. The molecule has 0 rings (SSSR count). The van der Waals surface area contributed by atoms with Gasteiger partial charge in [-0.2, -0.15) is 13.5 Å². The van der Waals surface area contributed by atoms with Crippen molar-refractivity contribution in [1.82, 2.24) is 0 Å². The van der Waals surface area contributed by atoms with Gasteiger partial charge in [-0.15, -0.1) is 0 Å². The molecule has 0 radical (unpaired) electrons. The molecule has 0 unspecified atom stereocenters. The summed E-state index contributed by atoms with van der Waals surface area (Å²) in [6, 6.07) is 0. The van der Waals surface area contributed by atoms with Gasteiger partial charge in [0, 0.05) is 0 Å². The second kappa shape index (κ2) is 18.1. The molecule has 0 aromatic heterocycles.